The number of rotatable bonds is 3. The fourth-order valence-electron chi connectivity index (χ4n) is 1.30. The highest BCUT2D eigenvalue weighted by Gasteiger charge is 2.06. The molecule has 0 saturated heterocycles. The third-order valence-corrected chi connectivity index (χ3v) is 2.17. The maximum Gasteiger partial charge on any atom is 0.275 e. The van der Waals surface area contributed by atoms with Gasteiger partial charge in [-0.2, -0.15) is 0 Å². The summed E-state index contributed by atoms with van der Waals surface area (Å²) in [6.45, 7) is 0. The van der Waals surface area contributed by atoms with Gasteiger partial charge in [0.2, 0.25) is 0 Å². The molecule has 1 aromatic carbocycles. The molecule has 0 bridgehead atoms. The first-order valence-electron chi connectivity index (χ1n) is 5.05. The maximum absolute atomic E-state index is 11.7. The van der Waals surface area contributed by atoms with E-state index in [0.29, 0.717) is 5.69 Å². The first-order chi connectivity index (χ1) is 8.66. The van der Waals surface area contributed by atoms with Gasteiger partial charge >= 0.3 is 0 Å². The van der Waals surface area contributed by atoms with E-state index in [1.54, 1.807) is 0 Å². The molecular weight excluding hydrogens is 234 g/mol. The topological polar surface area (TPSA) is 95.0 Å². The lowest BCUT2D eigenvalue weighted by atomic mass is 10.2. The molecule has 1 aromatic heterocycles. The van der Waals surface area contributed by atoms with Crippen LogP contribution in [-0.2, 0) is 0 Å². The molecule has 0 atom stereocenters. The number of carboxylic acid groups (broad SMARTS) is 1. The summed E-state index contributed by atoms with van der Waals surface area (Å²) in [5, 5.41) is 13.1. The van der Waals surface area contributed by atoms with Crippen LogP contribution >= 0.6 is 0 Å². The molecule has 1 N–H and O–H groups in total. The molecule has 0 aliphatic carbocycles. The van der Waals surface area contributed by atoms with E-state index in [4.69, 9.17) is 0 Å². The van der Waals surface area contributed by atoms with Gasteiger partial charge in [0, 0.05) is 18.1 Å². The number of aromatic nitrogens is 2. The number of benzene rings is 1. The molecule has 0 unspecified atom stereocenters. The fraction of sp³-hybridized carbons (Fsp3) is 0. The summed E-state index contributed by atoms with van der Waals surface area (Å²) >= 11 is 0. The summed E-state index contributed by atoms with van der Waals surface area (Å²) in [7, 11) is 0. The number of nitrogens with one attached hydrogen (secondary N) is 1. The number of carbonyl (C=O) groups excluding carboxylic acids is 2. The highest BCUT2D eigenvalue weighted by Crippen LogP contribution is 2.10. The van der Waals surface area contributed by atoms with E-state index < -0.39 is 11.9 Å². The van der Waals surface area contributed by atoms with Crippen molar-refractivity contribution >= 4 is 17.6 Å². The average Bonchev–Trinajstić information content (AvgIpc) is 2.40. The van der Waals surface area contributed by atoms with Gasteiger partial charge in [-0.25, -0.2) is 4.98 Å². The lowest BCUT2D eigenvalue weighted by Gasteiger charge is -2.06. The molecule has 0 radical (unpaired) electrons. The standard InChI is InChI=1S/C12H9N3O3/c16-11(10-7-13-5-6-14-10)15-9-3-1-8(2-4-9)12(17)18/h1-7H,(H,15,16)(H,17,18)/p-1. The second kappa shape index (κ2) is 5.05. The normalized spacial score (nSPS) is 9.78. The molecule has 18 heavy (non-hydrogen) atoms. The Morgan fingerprint density at radius 1 is 1.11 bits per heavy atom. The molecule has 0 aliphatic heterocycles. The van der Waals surface area contributed by atoms with Crippen LogP contribution in [0.1, 0.15) is 20.8 Å². The number of amides is 1. The van der Waals surface area contributed by atoms with Gasteiger partial charge in [-0.15, -0.1) is 0 Å². The Morgan fingerprint density at radius 2 is 1.83 bits per heavy atom. The Morgan fingerprint density at radius 3 is 2.39 bits per heavy atom. The summed E-state index contributed by atoms with van der Waals surface area (Å²) in [5.74, 6) is -1.67. The summed E-state index contributed by atoms with van der Waals surface area (Å²) in [6, 6.07) is 5.64. The molecule has 0 saturated carbocycles. The van der Waals surface area contributed by atoms with Gasteiger partial charge in [-0.05, 0) is 17.7 Å². The number of anilines is 1. The third kappa shape index (κ3) is 2.67. The number of hydrogen-bond donors (Lipinski definition) is 1. The summed E-state index contributed by atoms with van der Waals surface area (Å²) in [4.78, 5) is 29.8. The Bertz CT molecular complexity index is 567. The smallest absolute Gasteiger partial charge is 0.275 e. The van der Waals surface area contributed by atoms with Crippen molar-refractivity contribution in [2.45, 2.75) is 0 Å². The van der Waals surface area contributed by atoms with Crippen molar-refractivity contribution in [3.8, 4) is 0 Å². The summed E-state index contributed by atoms with van der Waals surface area (Å²) in [5.41, 5.74) is 0.699. The lowest BCUT2D eigenvalue weighted by Crippen LogP contribution is -2.22. The van der Waals surface area contributed by atoms with Gasteiger partial charge in [0.15, 0.2) is 0 Å². The quantitative estimate of drug-likeness (QED) is 0.823. The van der Waals surface area contributed by atoms with E-state index in [-0.39, 0.29) is 11.3 Å². The minimum absolute atomic E-state index is 0.0486. The predicted molar refractivity (Wildman–Crippen MR) is 60.8 cm³/mol. The van der Waals surface area contributed by atoms with Crippen LogP contribution < -0.4 is 10.4 Å². The van der Waals surface area contributed by atoms with Gasteiger partial charge in [0.1, 0.15) is 5.69 Å². The number of carboxylic acids is 1. The Labute approximate surface area is 102 Å². The minimum atomic E-state index is -1.26. The van der Waals surface area contributed by atoms with Crippen LogP contribution in [0.3, 0.4) is 0 Å². The maximum atomic E-state index is 11.7. The number of nitrogens with zero attached hydrogens (tertiary/aromatic N) is 2. The zero-order valence-electron chi connectivity index (χ0n) is 9.16. The van der Waals surface area contributed by atoms with E-state index in [0.717, 1.165) is 0 Å². The van der Waals surface area contributed by atoms with Crippen molar-refractivity contribution in [1.82, 2.24) is 9.97 Å². The molecule has 2 rings (SSSR count). The van der Waals surface area contributed by atoms with E-state index >= 15 is 0 Å². The molecule has 90 valence electrons. The average molecular weight is 242 g/mol. The fourth-order valence-corrected chi connectivity index (χ4v) is 1.30. The van der Waals surface area contributed by atoms with E-state index in [1.807, 2.05) is 0 Å². The Kier molecular flexibility index (Phi) is 3.29. The minimum Gasteiger partial charge on any atom is -0.545 e. The van der Waals surface area contributed by atoms with Crippen molar-refractivity contribution in [3.63, 3.8) is 0 Å². The molecule has 1 amide bonds. The van der Waals surface area contributed by atoms with Crippen molar-refractivity contribution in [2.24, 2.45) is 0 Å². The molecular formula is C12H8N3O3-. The van der Waals surface area contributed by atoms with Crippen LogP contribution in [0.5, 0.6) is 0 Å². The van der Waals surface area contributed by atoms with E-state index in [2.05, 4.69) is 15.3 Å². The largest absolute Gasteiger partial charge is 0.545 e. The number of hydrogen-bond acceptors (Lipinski definition) is 5. The summed E-state index contributed by atoms with van der Waals surface area (Å²) < 4.78 is 0. The predicted octanol–water partition coefficient (Wildman–Crippen LogP) is 0.0924. The molecule has 6 nitrogen and oxygen atoms in total. The Balaban J connectivity index is 2.10. The van der Waals surface area contributed by atoms with Gasteiger partial charge < -0.3 is 15.2 Å². The monoisotopic (exact) mass is 242 g/mol. The third-order valence-electron chi connectivity index (χ3n) is 2.17. The van der Waals surface area contributed by atoms with Crippen LogP contribution in [0.4, 0.5) is 5.69 Å². The number of aromatic carboxylic acids is 1. The van der Waals surface area contributed by atoms with E-state index in [9.17, 15) is 14.7 Å². The molecule has 2 aromatic rings. The SMILES string of the molecule is O=C([O-])c1ccc(NC(=O)c2cnccn2)cc1. The zero-order valence-corrected chi connectivity index (χ0v) is 9.16. The summed E-state index contributed by atoms with van der Waals surface area (Å²) in [6.07, 6.45) is 4.21. The number of carbonyl (C=O) groups is 2. The Hall–Kier alpha value is -2.76. The first kappa shape index (κ1) is 11.7. The molecule has 0 fully saturated rings. The molecule has 0 aliphatic rings. The first-order valence-corrected chi connectivity index (χ1v) is 5.05. The van der Waals surface area contributed by atoms with Gasteiger partial charge in [0.25, 0.3) is 5.91 Å². The van der Waals surface area contributed by atoms with Gasteiger partial charge in [-0.3, -0.25) is 9.78 Å². The van der Waals surface area contributed by atoms with Crippen molar-refractivity contribution < 1.29 is 14.7 Å². The van der Waals surface area contributed by atoms with E-state index in [1.165, 1.54) is 42.9 Å². The second-order valence-corrected chi connectivity index (χ2v) is 3.41. The van der Waals surface area contributed by atoms with Crippen molar-refractivity contribution in [2.75, 3.05) is 5.32 Å². The van der Waals surface area contributed by atoms with Crippen LogP contribution in [0.25, 0.3) is 0 Å². The van der Waals surface area contributed by atoms with Crippen LogP contribution in [0.15, 0.2) is 42.9 Å². The molecule has 1 heterocycles. The van der Waals surface area contributed by atoms with Crippen molar-refractivity contribution in [1.29, 1.82) is 0 Å². The van der Waals surface area contributed by atoms with Gasteiger partial charge in [0.05, 0.1) is 12.2 Å². The molecule has 6 heteroatoms. The van der Waals surface area contributed by atoms with Crippen LogP contribution in [-0.4, -0.2) is 21.8 Å². The van der Waals surface area contributed by atoms with Crippen LogP contribution in [0, 0.1) is 0 Å². The molecule has 0 spiro atoms. The van der Waals surface area contributed by atoms with Gasteiger partial charge in [-0.1, -0.05) is 12.1 Å². The van der Waals surface area contributed by atoms with Crippen molar-refractivity contribution in [3.05, 3.63) is 54.1 Å². The zero-order chi connectivity index (χ0) is 13.0. The second-order valence-electron chi connectivity index (χ2n) is 3.41. The highest BCUT2D eigenvalue weighted by atomic mass is 16.4. The highest BCUT2D eigenvalue weighted by molar-refractivity contribution is 6.02. The lowest BCUT2D eigenvalue weighted by molar-refractivity contribution is -0.255. The van der Waals surface area contributed by atoms with Crippen LogP contribution in [0.2, 0.25) is 0 Å².